The Morgan fingerprint density at radius 1 is 0.857 bits per heavy atom. The molecule has 0 saturated heterocycles. The molecule has 0 aromatic heterocycles. The third-order valence-electron chi connectivity index (χ3n) is 3.62. The van der Waals surface area contributed by atoms with E-state index in [1.54, 1.807) is 24.3 Å². The van der Waals surface area contributed by atoms with Gasteiger partial charge < -0.3 is 5.11 Å². The summed E-state index contributed by atoms with van der Waals surface area (Å²) in [6.07, 6.45) is 0.601. The van der Waals surface area contributed by atoms with E-state index in [0.29, 0.717) is 17.5 Å². The van der Waals surface area contributed by atoms with Gasteiger partial charge in [0.1, 0.15) is 0 Å². The molecule has 1 aliphatic rings. The van der Waals surface area contributed by atoms with Gasteiger partial charge in [-0.25, -0.2) is 0 Å². The van der Waals surface area contributed by atoms with Crippen molar-refractivity contribution in [1.82, 2.24) is 0 Å². The highest BCUT2D eigenvalue weighted by Crippen LogP contribution is 2.24. The highest BCUT2D eigenvalue weighted by Gasteiger charge is 2.29. The second-order valence-corrected chi connectivity index (χ2v) is 5.04. The summed E-state index contributed by atoms with van der Waals surface area (Å²) < 4.78 is 0. The lowest BCUT2D eigenvalue weighted by Gasteiger charge is -2.19. The van der Waals surface area contributed by atoms with E-state index in [1.165, 1.54) is 6.08 Å². The second kappa shape index (κ2) is 5.46. The van der Waals surface area contributed by atoms with Gasteiger partial charge in [0.05, 0.1) is 6.10 Å². The van der Waals surface area contributed by atoms with Crippen LogP contribution in [0.25, 0.3) is 0 Å². The van der Waals surface area contributed by atoms with E-state index < -0.39 is 6.10 Å². The predicted octanol–water partition coefficient (Wildman–Crippen LogP) is 2.60. The van der Waals surface area contributed by atoms with Gasteiger partial charge in [-0.2, -0.15) is 0 Å². The average Bonchev–Trinajstić information content (AvgIpc) is 2.52. The van der Waals surface area contributed by atoms with Gasteiger partial charge in [0.25, 0.3) is 0 Å². The lowest BCUT2D eigenvalue weighted by Crippen LogP contribution is -2.26. The van der Waals surface area contributed by atoms with Crippen LogP contribution >= 0.6 is 0 Å². The molecule has 0 bridgehead atoms. The zero-order valence-electron chi connectivity index (χ0n) is 11.3. The summed E-state index contributed by atoms with van der Waals surface area (Å²) in [5, 5.41) is 10.3. The summed E-state index contributed by atoms with van der Waals surface area (Å²) in [5.74, 6) is -0.499. The Kier molecular flexibility index (Phi) is 3.50. The Bertz CT molecular complexity index is 729. The fraction of sp³-hybridized carbons (Fsp3) is 0.111. The molecule has 0 fully saturated rings. The van der Waals surface area contributed by atoms with Crippen LogP contribution in [0.15, 0.2) is 66.2 Å². The van der Waals surface area contributed by atoms with Gasteiger partial charge in [-0.05, 0) is 11.6 Å². The number of aliphatic hydroxyl groups is 1. The van der Waals surface area contributed by atoms with Gasteiger partial charge in [0.15, 0.2) is 11.6 Å². The first-order valence-corrected chi connectivity index (χ1v) is 6.78. The van der Waals surface area contributed by atoms with Crippen molar-refractivity contribution in [3.63, 3.8) is 0 Å². The molecule has 0 heterocycles. The highest BCUT2D eigenvalue weighted by atomic mass is 16.3. The van der Waals surface area contributed by atoms with Crippen LogP contribution < -0.4 is 0 Å². The van der Waals surface area contributed by atoms with Crippen LogP contribution in [0.4, 0.5) is 0 Å². The Hall–Kier alpha value is -2.52. The van der Waals surface area contributed by atoms with Crippen molar-refractivity contribution in [2.75, 3.05) is 0 Å². The fourth-order valence-electron chi connectivity index (χ4n) is 2.53. The summed E-state index contributed by atoms with van der Waals surface area (Å²) in [6.45, 7) is 0. The minimum atomic E-state index is -0.975. The summed E-state index contributed by atoms with van der Waals surface area (Å²) >= 11 is 0. The van der Waals surface area contributed by atoms with Crippen LogP contribution in [0.3, 0.4) is 0 Å². The van der Waals surface area contributed by atoms with E-state index in [1.807, 2.05) is 30.3 Å². The monoisotopic (exact) mass is 278 g/mol. The lowest BCUT2D eigenvalue weighted by atomic mass is 9.85. The molecule has 104 valence electrons. The van der Waals surface area contributed by atoms with E-state index in [4.69, 9.17) is 0 Å². The molecule has 1 atom stereocenters. The van der Waals surface area contributed by atoms with Gasteiger partial charge >= 0.3 is 0 Å². The third kappa shape index (κ3) is 2.56. The van der Waals surface area contributed by atoms with E-state index >= 15 is 0 Å². The summed E-state index contributed by atoms with van der Waals surface area (Å²) in [5.41, 5.74) is 1.86. The van der Waals surface area contributed by atoms with Gasteiger partial charge in [-0.3, -0.25) is 9.59 Å². The number of hydrogen-bond donors (Lipinski definition) is 1. The van der Waals surface area contributed by atoms with Crippen molar-refractivity contribution in [2.45, 2.75) is 12.5 Å². The smallest absolute Gasteiger partial charge is 0.192 e. The van der Waals surface area contributed by atoms with Crippen molar-refractivity contribution in [3.8, 4) is 0 Å². The maximum atomic E-state index is 12.4. The average molecular weight is 278 g/mol. The molecule has 0 saturated carbocycles. The summed E-state index contributed by atoms with van der Waals surface area (Å²) in [7, 11) is 0. The molecule has 0 amide bonds. The first-order chi connectivity index (χ1) is 10.2. The molecule has 1 aliphatic carbocycles. The zero-order valence-corrected chi connectivity index (χ0v) is 11.3. The molecular formula is C18H14O3. The molecule has 21 heavy (non-hydrogen) atoms. The first-order valence-electron chi connectivity index (χ1n) is 6.78. The van der Waals surface area contributed by atoms with Crippen molar-refractivity contribution in [2.24, 2.45) is 0 Å². The number of carbonyl (C=O) groups is 2. The molecular weight excluding hydrogens is 264 g/mol. The first kappa shape index (κ1) is 13.5. The van der Waals surface area contributed by atoms with Gasteiger partial charge in [-0.15, -0.1) is 0 Å². The summed E-state index contributed by atoms with van der Waals surface area (Å²) in [4.78, 5) is 24.5. The number of Topliss-reactive ketones (excluding diaryl/α,β-unsaturated/α-hetero) is 1. The number of aliphatic hydroxyl groups excluding tert-OH is 1. The molecule has 3 rings (SSSR count). The zero-order chi connectivity index (χ0) is 14.8. The molecule has 0 spiro atoms. The number of allylic oxidation sites excluding steroid dienone is 1. The van der Waals surface area contributed by atoms with Crippen molar-refractivity contribution in [1.29, 1.82) is 0 Å². The molecule has 2 aromatic carbocycles. The largest absolute Gasteiger partial charge is 0.388 e. The molecule has 0 radical (unpaired) electrons. The molecule has 1 N–H and O–H groups in total. The molecule has 0 aliphatic heterocycles. The van der Waals surface area contributed by atoms with Crippen LogP contribution in [-0.4, -0.2) is 22.8 Å². The molecule has 0 unspecified atom stereocenters. The van der Waals surface area contributed by atoms with Crippen LogP contribution in [0.1, 0.15) is 26.3 Å². The highest BCUT2D eigenvalue weighted by molar-refractivity contribution is 6.24. The summed E-state index contributed by atoms with van der Waals surface area (Å²) in [6, 6.07) is 16.1. The van der Waals surface area contributed by atoms with E-state index in [9.17, 15) is 14.7 Å². The number of rotatable bonds is 3. The number of ketones is 2. The quantitative estimate of drug-likeness (QED) is 0.939. The van der Waals surface area contributed by atoms with Gasteiger partial charge in [0.2, 0.25) is 0 Å². The van der Waals surface area contributed by atoms with Crippen molar-refractivity contribution < 1.29 is 14.7 Å². The van der Waals surface area contributed by atoms with Crippen molar-refractivity contribution >= 4 is 11.6 Å². The molecule has 2 aromatic rings. The number of carbonyl (C=O) groups excluding carboxylic acids is 2. The van der Waals surface area contributed by atoms with Crippen LogP contribution in [0, 0.1) is 0 Å². The van der Waals surface area contributed by atoms with E-state index in [2.05, 4.69) is 0 Å². The van der Waals surface area contributed by atoms with E-state index in [-0.39, 0.29) is 17.1 Å². The molecule has 3 heteroatoms. The van der Waals surface area contributed by atoms with Crippen LogP contribution in [0.2, 0.25) is 0 Å². The third-order valence-corrected chi connectivity index (χ3v) is 3.62. The second-order valence-electron chi connectivity index (χ2n) is 5.04. The number of benzene rings is 2. The Morgan fingerprint density at radius 3 is 2.19 bits per heavy atom. The lowest BCUT2D eigenvalue weighted by molar-refractivity contribution is 0.0947. The Labute approximate surface area is 122 Å². The Balaban J connectivity index is 1.90. The van der Waals surface area contributed by atoms with Crippen LogP contribution in [-0.2, 0) is 6.42 Å². The standard InChI is InChI=1S/C18H14O3/c19-16(10-12-6-2-1-3-7-12)15-11-17(20)13-8-4-5-9-14(13)18(15)21/h1-9,11,16,19H,10H2/t16-/m1/s1. The predicted molar refractivity (Wildman–Crippen MR) is 79.3 cm³/mol. The van der Waals surface area contributed by atoms with E-state index in [0.717, 1.165) is 5.56 Å². The number of hydrogen-bond acceptors (Lipinski definition) is 3. The maximum absolute atomic E-state index is 12.4. The fourth-order valence-corrected chi connectivity index (χ4v) is 2.53. The minimum absolute atomic E-state index is 0.169. The van der Waals surface area contributed by atoms with Gasteiger partial charge in [0, 0.05) is 23.1 Å². The topological polar surface area (TPSA) is 54.4 Å². The van der Waals surface area contributed by atoms with Crippen LogP contribution in [0.5, 0.6) is 0 Å². The normalized spacial score (nSPS) is 15.4. The van der Waals surface area contributed by atoms with Gasteiger partial charge in [-0.1, -0.05) is 54.6 Å². The minimum Gasteiger partial charge on any atom is -0.388 e. The molecule has 3 nitrogen and oxygen atoms in total. The maximum Gasteiger partial charge on any atom is 0.192 e. The van der Waals surface area contributed by atoms with Crippen molar-refractivity contribution in [3.05, 3.63) is 82.9 Å². The Morgan fingerprint density at radius 2 is 1.48 bits per heavy atom. The SMILES string of the molecule is O=C1C=C([C@H](O)Cc2ccccc2)C(=O)c2ccccc21. The number of fused-ring (bicyclic) bond motifs is 1.